The van der Waals surface area contributed by atoms with Crippen LogP contribution >= 0.6 is 11.6 Å². The van der Waals surface area contributed by atoms with Crippen LogP contribution < -0.4 is 10.1 Å². The van der Waals surface area contributed by atoms with E-state index in [0.29, 0.717) is 22.2 Å². The molecule has 0 saturated heterocycles. The maximum absolute atomic E-state index is 13.3. The summed E-state index contributed by atoms with van der Waals surface area (Å²) in [6.07, 6.45) is 2.88. The minimum absolute atomic E-state index is 0.0566. The largest absolute Gasteiger partial charge is 0.506 e. The average Bonchev–Trinajstić information content (AvgIpc) is 2.86. The molecule has 2 N–H and O–H groups in total. The first-order valence-corrected chi connectivity index (χ1v) is 13.4. The summed E-state index contributed by atoms with van der Waals surface area (Å²) in [7, 11) is 0. The minimum atomic E-state index is -0.552. The number of fused-ring (bicyclic) bond motifs is 1. The van der Waals surface area contributed by atoms with E-state index in [-0.39, 0.29) is 22.1 Å². The maximum atomic E-state index is 13.3. The van der Waals surface area contributed by atoms with E-state index in [0.717, 1.165) is 30.6 Å². The van der Waals surface area contributed by atoms with Gasteiger partial charge >= 0.3 is 0 Å². The highest BCUT2D eigenvalue weighted by Gasteiger charge is 2.28. The highest BCUT2D eigenvalue weighted by molar-refractivity contribution is 6.36. The smallest absolute Gasteiger partial charge is 0.257 e. The lowest BCUT2D eigenvalue weighted by Crippen LogP contribution is -2.39. The Morgan fingerprint density at radius 1 is 0.972 bits per heavy atom. The van der Waals surface area contributed by atoms with E-state index in [1.807, 2.05) is 24.3 Å². The number of carbonyl (C=O) groups excluding carboxylic acids is 1. The Balaban J connectivity index is 1.96. The number of phenols is 1. The summed E-state index contributed by atoms with van der Waals surface area (Å²) in [5.74, 6) is 0.275. The molecule has 0 saturated carbocycles. The zero-order chi connectivity index (χ0) is 26.7. The number of carbonyl (C=O) groups is 1. The van der Waals surface area contributed by atoms with Crippen molar-refractivity contribution in [1.82, 2.24) is 5.32 Å². The Bertz CT molecular complexity index is 1230. The van der Waals surface area contributed by atoms with E-state index in [4.69, 9.17) is 16.3 Å². The van der Waals surface area contributed by atoms with Crippen LogP contribution in [0.15, 0.2) is 48.5 Å². The zero-order valence-electron chi connectivity index (χ0n) is 22.7. The number of hydrogen-bond acceptors (Lipinski definition) is 3. The molecule has 3 rings (SSSR count). The molecular formula is C31H40ClNO3. The molecule has 1 atom stereocenters. The number of rotatable bonds is 10. The van der Waals surface area contributed by atoms with Crippen LogP contribution in [-0.4, -0.2) is 17.2 Å². The molecular weight excluding hydrogens is 470 g/mol. The molecule has 36 heavy (non-hydrogen) atoms. The van der Waals surface area contributed by atoms with Crippen molar-refractivity contribution in [2.24, 2.45) is 0 Å². The molecule has 3 aromatic carbocycles. The molecule has 0 spiro atoms. The second-order valence-corrected chi connectivity index (χ2v) is 11.3. The van der Waals surface area contributed by atoms with Gasteiger partial charge in [-0.05, 0) is 41.4 Å². The summed E-state index contributed by atoms with van der Waals surface area (Å²) in [6, 6.07) is 15.2. The SMILES string of the molecule is CCCC(NC(=O)c1cc(Cl)c2ccccc2c1O)Oc1ccc(C(C)(C)CC)cc1C(C)(C)CC. The van der Waals surface area contributed by atoms with Crippen molar-refractivity contribution in [3.8, 4) is 11.5 Å². The Labute approximate surface area is 221 Å². The number of benzene rings is 3. The average molecular weight is 510 g/mol. The van der Waals surface area contributed by atoms with E-state index < -0.39 is 12.1 Å². The Morgan fingerprint density at radius 2 is 1.61 bits per heavy atom. The molecule has 0 bridgehead atoms. The lowest BCUT2D eigenvalue weighted by molar-refractivity contribution is 0.0807. The third-order valence-corrected chi connectivity index (χ3v) is 7.89. The van der Waals surface area contributed by atoms with E-state index >= 15 is 0 Å². The molecule has 0 aromatic heterocycles. The number of hydrogen-bond donors (Lipinski definition) is 2. The summed E-state index contributed by atoms with van der Waals surface area (Å²) in [4.78, 5) is 13.3. The van der Waals surface area contributed by atoms with Crippen LogP contribution in [0.4, 0.5) is 0 Å². The molecule has 0 radical (unpaired) electrons. The monoisotopic (exact) mass is 509 g/mol. The van der Waals surface area contributed by atoms with Crippen LogP contribution in [0, 0.1) is 0 Å². The molecule has 0 fully saturated rings. The first-order chi connectivity index (χ1) is 16.9. The van der Waals surface area contributed by atoms with Crippen molar-refractivity contribution in [2.75, 3.05) is 0 Å². The van der Waals surface area contributed by atoms with Crippen LogP contribution in [0.5, 0.6) is 11.5 Å². The summed E-state index contributed by atoms with van der Waals surface area (Å²) < 4.78 is 6.48. The van der Waals surface area contributed by atoms with Gasteiger partial charge in [0.25, 0.3) is 5.91 Å². The van der Waals surface area contributed by atoms with Crippen molar-refractivity contribution in [3.05, 3.63) is 70.2 Å². The molecule has 3 aromatic rings. The molecule has 0 aliphatic carbocycles. The molecule has 1 amide bonds. The molecule has 0 aliphatic heterocycles. The number of ether oxygens (including phenoxy) is 1. The third kappa shape index (κ3) is 5.81. The first kappa shape index (κ1) is 27.9. The minimum Gasteiger partial charge on any atom is -0.506 e. The van der Waals surface area contributed by atoms with Crippen LogP contribution in [-0.2, 0) is 10.8 Å². The second-order valence-electron chi connectivity index (χ2n) is 10.9. The van der Waals surface area contributed by atoms with Crippen molar-refractivity contribution in [3.63, 3.8) is 0 Å². The Morgan fingerprint density at radius 3 is 2.22 bits per heavy atom. The topological polar surface area (TPSA) is 58.6 Å². The van der Waals surface area contributed by atoms with Gasteiger partial charge in [-0.25, -0.2) is 0 Å². The summed E-state index contributed by atoms with van der Waals surface area (Å²) in [5, 5.41) is 15.5. The normalized spacial score (nSPS) is 13.0. The van der Waals surface area contributed by atoms with Crippen molar-refractivity contribution in [1.29, 1.82) is 0 Å². The van der Waals surface area contributed by atoms with Crippen LogP contribution in [0.3, 0.4) is 0 Å². The van der Waals surface area contributed by atoms with Gasteiger partial charge in [-0.3, -0.25) is 4.79 Å². The molecule has 4 nitrogen and oxygen atoms in total. The van der Waals surface area contributed by atoms with Gasteiger partial charge in [-0.1, -0.05) is 103 Å². The predicted molar refractivity (Wildman–Crippen MR) is 150 cm³/mol. The summed E-state index contributed by atoms with van der Waals surface area (Å²) >= 11 is 6.43. The summed E-state index contributed by atoms with van der Waals surface area (Å²) in [6.45, 7) is 15.4. The number of halogens is 1. The van der Waals surface area contributed by atoms with Gasteiger partial charge < -0.3 is 15.2 Å². The predicted octanol–water partition coefficient (Wildman–Crippen LogP) is 8.51. The highest BCUT2D eigenvalue weighted by atomic mass is 35.5. The highest BCUT2D eigenvalue weighted by Crippen LogP contribution is 2.39. The van der Waals surface area contributed by atoms with E-state index in [9.17, 15) is 9.90 Å². The van der Waals surface area contributed by atoms with Crippen molar-refractivity contribution >= 4 is 28.3 Å². The van der Waals surface area contributed by atoms with Gasteiger partial charge in [0.1, 0.15) is 11.5 Å². The van der Waals surface area contributed by atoms with Crippen LogP contribution in [0.2, 0.25) is 5.02 Å². The fourth-order valence-electron chi connectivity index (χ4n) is 4.27. The van der Waals surface area contributed by atoms with Gasteiger partial charge in [0.15, 0.2) is 6.23 Å². The Kier molecular flexibility index (Phi) is 8.61. The van der Waals surface area contributed by atoms with Crippen molar-refractivity contribution < 1.29 is 14.6 Å². The quantitative estimate of drug-likeness (QED) is 0.269. The lowest BCUT2D eigenvalue weighted by atomic mass is 9.76. The maximum Gasteiger partial charge on any atom is 0.257 e. The van der Waals surface area contributed by atoms with Gasteiger partial charge in [-0.2, -0.15) is 0 Å². The van der Waals surface area contributed by atoms with E-state index in [1.54, 1.807) is 6.07 Å². The van der Waals surface area contributed by atoms with Gasteiger partial charge in [0.05, 0.1) is 5.56 Å². The Hall–Kier alpha value is -2.72. The lowest BCUT2D eigenvalue weighted by Gasteiger charge is -2.32. The summed E-state index contributed by atoms with van der Waals surface area (Å²) in [5.41, 5.74) is 2.51. The van der Waals surface area contributed by atoms with E-state index in [2.05, 4.69) is 65.9 Å². The van der Waals surface area contributed by atoms with Crippen molar-refractivity contribution in [2.45, 2.75) is 91.2 Å². The van der Waals surface area contributed by atoms with E-state index in [1.165, 1.54) is 11.6 Å². The molecule has 0 aliphatic rings. The first-order valence-electron chi connectivity index (χ1n) is 13.0. The fraction of sp³-hybridized carbons (Fsp3) is 0.452. The standard InChI is InChI=1S/C31H40ClNO3/c1-8-13-27(33-29(35)23-19-25(32)21-14-11-12-15-22(21)28(23)34)36-26-17-16-20(30(4,5)9-2)18-24(26)31(6,7)10-3/h11-12,14-19,27,34H,8-10,13H2,1-7H3,(H,33,35). The number of amides is 1. The number of aromatic hydroxyl groups is 1. The van der Waals surface area contributed by atoms with Crippen LogP contribution in [0.25, 0.3) is 10.8 Å². The zero-order valence-corrected chi connectivity index (χ0v) is 23.4. The molecule has 0 heterocycles. The fourth-order valence-corrected chi connectivity index (χ4v) is 4.54. The molecule has 194 valence electrons. The number of nitrogens with one attached hydrogen (secondary N) is 1. The van der Waals surface area contributed by atoms with Gasteiger partial charge in [0.2, 0.25) is 0 Å². The molecule has 5 heteroatoms. The van der Waals surface area contributed by atoms with Gasteiger partial charge in [-0.15, -0.1) is 0 Å². The molecule has 1 unspecified atom stereocenters. The van der Waals surface area contributed by atoms with Gasteiger partial charge in [0, 0.05) is 27.8 Å². The second kappa shape index (κ2) is 11.1. The third-order valence-electron chi connectivity index (χ3n) is 7.58. The number of phenolic OH excluding ortho intramolecular Hbond substituents is 1. The van der Waals surface area contributed by atoms with Crippen LogP contribution in [0.1, 0.15) is 95.6 Å².